The van der Waals surface area contributed by atoms with Crippen LogP contribution in [0.4, 0.5) is 9.18 Å². The van der Waals surface area contributed by atoms with Gasteiger partial charge in [-0.3, -0.25) is 0 Å². The zero-order chi connectivity index (χ0) is 12.7. The molecule has 90 valence electrons. The number of carbonyl (C=O) groups is 1. The molecule has 0 bridgehead atoms. The summed E-state index contributed by atoms with van der Waals surface area (Å²) in [4.78, 5) is 11.1. The Bertz CT molecular complexity index is 441. The van der Waals surface area contributed by atoms with E-state index >= 15 is 0 Å². The van der Waals surface area contributed by atoms with Gasteiger partial charge < -0.3 is 10.1 Å². The molecular formula is C12H13FN2O2. The molecule has 0 saturated carbocycles. The average Bonchev–Trinajstić information content (AvgIpc) is 2.34. The number of nitriles is 1. The molecule has 0 radical (unpaired) electrons. The Morgan fingerprint density at radius 3 is 2.94 bits per heavy atom. The first-order valence-electron chi connectivity index (χ1n) is 5.26. The van der Waals surface area contributed by atoms with Crippen LogP contribution in [-0.2, 0) is 11.3 Å². The first kappa shape index (κ1) is 13.0. The molecule has 1 rings (SSSR count). The van der Waals surface area contributed by atoms with Crippen LogP contribution in [0.1, 0.15) is 24.5 Å². The Labute approximate surface area is 99.0 Å². The van der Waals surface area contributed by atoms with Crippen molar-refractivity contribution in [3.05, 3.63) is 35.1 Å². The van der Waals surface area contributed by atoms with E-state index in [9.17, 15) is 9.18 Å². The summed E-state index contributed by atoms with van der Waals surface area (Å²) in [5.74, 6) is -0.514. The molecule has 0 aromatic heterocycles. The van der Waals surface area contributed by atoms with Gasteiger partial charge in [-0.1, -0.05) is 13.0 Å². The van der Waals surface area contributed by atoms with Gasteiger partial charge in [-0.2, -0.15) is 5.26 Å². The fourth-order valence-electron chi connectivity index (χ4n) is 1.17. The highest BCUT2D eigenvalue weighted by molar-refractivity contribution is 5.67. The van der Waals surface area contributed by atoms with Gasteiger partial charge >= 0.3 is 6.09 Å². The van der Waals surface area contributed by atoms with E-state index in [4.69, 9.17) is 10.00 Å². The van der Waals surface area contributed by atoms with Crippen molar-refractivity contribution in [3.63, 3.8) is 0 Å². The number of nitrogens with one attached hydrogen (secondary N) is 1. The van der Waals surface area contributed by atoms with Crippen molar-refractivity contribution in [2.24, 2.45) is 0 Å². The third kappa shape index (κ3) is 4.11. The minimum atomic E-state index is -0.574. The van der Waals surface area contributed by atoms with Gasteiger partial charge in [0, 0.05) is 12.1 Å². The van der Waals surface area contributed by atoms with Crippen LogP contribution in [0.5, 0.6) is 0 Å². The first-order chi connectivity index (χ1) is 8.17. The number of carbonyl (C=O) groups excluding carboxylic acids is 1. The van der Waals surface area contributed by atoms with Crippen LogP contribution in [0.3, 0.4) is 0 Å². The summed E-state index contributed by atoms with van der Waals surface area (Å²) in [6.45, 7) is 2.26. The molecule has 0 aliphatic carbocycles. The summed E-state index contributed by atoms with van der Waals surface area (Å²) in [7, 11) is 0. The molecule has 0 heterocycles. The highest BCUT2D eigenvalue weighted by atomic mass is 19.1. The van der Waals surface area contributed by atoms with Crippen LogP contribution in [0, 0.1) is 17.1 Å². The first-order valence-corrected chi connectivity index (χ1v) is 5.26. The van der Waals surface area contributed by atoms with Gasteiger partial charge in [0.25, 0.3) is 0 Å². The van der Waals surface area contributed by atoms with Crippen molar-refractivity contribution in [1.29, 1.82) is 5.26 Å². The number of alkyl carbamates (subject to hydrolysis) is 1. The van der Waals surface area contributed by atoms with Gasteiger partial charge in [-0.05, 0) is 18.6 Å². The number of amides is 1. The van der Waals surface area contributed by atoms with E-state index in [1.54, 1.807) is 0 Å². The van der Waals surface area contributed by atoms with E-state index in [0.29, 0.717) is 12.2 Å². The molecule has 0 aliphatic heterocycles. The van der Waals surface area contributed by atoms with Crippen LogP contribution in [-0.4, -0.2) is 12.7 Å². The molecule has 1 aromatic carbocycles. The SMILES string of the molecule is CCCOC(=O)NCc1ccc(C#N)cc1F. The van der Waals surface area contributed by atoms with Crippen LogP contribution in [0.25, 0.3) is 0 Å². The van der Waals surface area contributed by atoms with Crippen LogP contribution in [0.2, 0.25) is 0 Å². The van der Waals surface area contributed by atoms with E-state index < -0.39 is 11.9 Å². The minimum Gasteiger partial charge on any atom is -0.450 e. The smallest absolute Gasteiger partial charge is 0.407 e. The Kier molecular flexibility index (Phi) is 4.95. The quantitative estimate of drug-likeness (QED) is 0.872. The Morgan fingerprint density at radius 2 is 2.35 bits per heavy atom. The predicted molar refractivity (Wildman–Crippen MR) is 59.6 cm³/mol. The third-order valence-corrected chi connectivity index (χ3v) is 2.04. The van der Waals surface area contributed by atoms with Gasteiger partial charge in [-0.15, -0.1) is 0 Å². The molecule has 17 heavy (non-hydrogen) atoms. The summed E-state index contributed by atoms with van der Waals surface area (Å²) in [6, 6.07) is 5.93. The second kappa shape index (κ2) is 6.48. The number of rotatable bonds is 4. The lowest BCUT2D eigenvalue weighted by Gasteiger charge is -2.06. The zero-order valence-corrected chi connectivity index (χ0v) is 9.50. The second-order valence-electron chi connectivity index (χ2n) is 3.41. The number of ether oxygens (including phenoxy) is 1. The molecule has 1 aromatic rings. The topological polar surface area (TPSA) is 62.1 Å². The second-order valence-corrected chi connectivity index (χ2v) is 3.41. The highest BCUT2D eigenvalue weighted by Crippen LogP contribution is 2.09. The van der Waals surface area contributed by atoms with Crippen molar-refractivity contribution in [2.45, 2.75) is 19.9 Å². The fraction of sp³-hybridized carbons (Fsp3) is 0.333. The van der Waals surface area contributed by atoms with E-state index in [-0.39, 0.29) is 12.1 Å². The lowest BCUT2D eigenvalue weighted by molar-refractivity contribution is 0.145. The molecule has 0 atom stereocenters. The summed E-state index contributed by atoms with van der Waals surface area (Å²) in [5.41, 5.74) is 0.567. The standard InChI is InChI=1S/C12H13FN2O2/c1-2-5-17-12(16)15-8-10-4-3-9(7-14)6-11(10)13/h3-4,6H,2,5,8H2,1H3,(H,15,16). The van der Waals surface area contributed by atoms with Crippen LogP contribution in [0.15, 0.2) is 18.2 Å². The van der Waals surface area contributed by atoms with Crippen molar-refractivity contribution in [3.8, 4) is 6.07 Å². The number of nitrogens with zero attached hydrogens (tertiary/aromatic N) is 1. The molecule has 0 fully saturated rings. The van der Waals surface area contributed by atoms with Gasteiger partial charge in [0.1, 0.15) is 5.82 Å². The third-order valence-electron chi connectivity index (χ3n) is 2.04. The van der Waals surface area contributed by atoms with E-state index in [1.807, 2.05) is 13.0 Å². The Hall–Kier alpha value is -2.09. The summed E-state index contributed by atoms with van der Waals surface area (Å²) in [6.07, 6.45) is 0.161. The normalized spacial score (nSPS) is 9.47. The van der Waals surface area contributed by atoms with Crippen molar-refractivity contribution < 1.29 is 13.9 Å². The highest BCUT2D eigenvalue weighted by Gasteiger charge is 2.06. The molecule has 5 heteroatoms. The number of hydrogen-bond acceptors (Lipinski definition) is 3. The fourth-order valence-corrected chi connectivity index (χ4v) is 1.17. The maximum absolute atomic E-state index is 13.4. The minimum absolute atomic E-state index is 0.0418. The Balaban J connectivity index is 2.52. The molecule has 0 aliphatic rings. The molecule has 1 amide bonds. The summed E-state index contributed by atoms with van der Waals surface area (Å²) < 4.78 is 18.2. The zero-order valence-electron chi connectivity index (χ0n) is 9.50. The largest absolute Gasteiger partial charge is 0.450 e. The maximum Gasteiger partial charge on any atom is 0.407 e. The lowest BCUT2D eigenvalue weighted by Crippen LogP contribution is -2.24. The van der Waals surface area contributed by atoms with Gasteiger partial charge in [0.15, 0.2) is 0 Å². The van der Waals surface area contributed by atoms with E-state index in [2.05, 4.69) is 5.32 Å². The van der Waals surface area contributed by atoms with Crippen molar-refractivity contribution >= 4 is 6.09 Å². The van der Waals surface area contributed by atoms with Crippen molar-refractivity contribution in [1.82, 2.24) is 5.32 Å². The molecular weight excluding hydrogens is 223 g/mol. The predicted octanol–water partition coefficient (Wildman–Crippen LogP) is 2.33. The van der Waals surface area contributed by atoms with Crippen molar-refractivity contribution in [2.75, 3.05) is 6.61 Å². The van der Waals surface area contributed by atoms with Crippen LogP contribution >= 0.6 is 0 Å². The van der Waals surface area contributed by atoms with Gasteiger partial charge in [-0.25, -0.2) is 9.18 Å². The van der Waals surface area contributed by atoms with E-state index in [0.717, 1.165) is 12.5 Å². The molecule has 1 N–H and O–H groups in total. The van der Waals surface area contributed by atoms with Gasteiger partial charge in [0.05, 0.1) is 18.2 Å². The summed E-state index contributed by atoms with van der Waals surface area (Å²) >= 11 is 0. The molecule has 4 nitrogen and oxygen atoms in total. The Morgan fingerprint density at radius 1 is 1.59 bits per heavy atom. The van der Waals surface area contributed by atoms with Crippen LogP contribution < -0.4 is 5.32 Å². The maximum atomic E-state index is 13.4. The van der Waals surface area contributed by atoms with Gasteiger partial charge in [0.2, 0.25) is 0 Å². The average molecular weight is 236 g/mol. The number of hydrogen-bond donors (Lipinski definition) is 1. The molecule has 0 saturated heterocycles. The molecule has 0 spiro atoms. The number of benzene rings is 1. The summed E-state index contributed by atoms with van der Waals surface area (Å²) in [5, 5.41) is 11.0. The number of halogens is 1. The molecule has 0 unspecified atom stereocenters. The monoisotopic (exact) mass is 236 g/mol. The van der Waals surface area contributed by atoms with E-state index in [1.165, 1.54) is 12.1 Å². The lowest BCUT2D eigenvalue weighted by atomic mass is 10.1.